The maximum atomic E-state index is 5.08. The highest BCUT2D eigenvalue weighted by molar-refractivity contribution is 7.09. The van der Waals surface area contributed by atoms with Crippen LogP contribution in [0.15, 0.2) is 22.2 Å². The van der Waals surface area contributed by atoms with E-state index in [0.29, 0.717) is 6.54 Å². The highest BCUT2D eigenvalue weighted by Gasteiger charge is 2.27. The normalized spacial score (nSPS) is 14.8. The van der Waals surface area contributed by atoms with E-state index in [4.69, 9.17) is 4.52 Å². The average molecular weight is 251 g/mol. The topological polar surface area (TPSA) is 51.0 Å². The van der Waals surface area contributed by atoms with Crippen LogP contribution in [0, 0.1) is 6.92 Å². The van der Waals surface area contributed by atoms with Crippen molar-refractivity contribution < 1.29 is 4.52 Å². The van der Waals surface area contributed by atoms with Crippen LogP contribution in [0.4, 0.5) is 0 Å². The molecule has 0 saturated heterocycles. The molecule has 0 aromatic carbocycles. The molecule has 0 unspecified atom stereocenters. The van der Waals surface area contributed by atoms with Gasteiger partial charge >= 0.3 is 0 Å². The zero-order valence-electron chi connectivity index (χ0n) is 10.4. The molecule has 0 amide bonds. The third kappa shape index (κ3) is 2.73. The van der Waals surface area contributed by atoms with Crippen LogP contribution in [0.25, 0.3) is 0 Å². The van der Waals surface area contributed by atoms with Crippen LogP contribution in [0.2, 0.25) is 0 Å². The minimum atomic E-state index is -0.105. The number of rotatable bonds is 5. The highest BCUT2D eigenvalue weighted by atomic mass is 32.1. The van der Waals surface area contributed by atoms with Crippen molar-refractivity contribution in [3.63, 3.8) is 0 Å². The summed E-state index contributed by atoms with van der Waals surface area (Å²) in [7, 11) is 0. The quantitative estimate of drug-likeness (QED) is 0.887. The predicted octanol–water partition coefficient (Wildman–Crippen LogP) is 2.85. The fourth-order valence-electron chi connectivity index (χ4n) is 1.57. The summed E-state index contributed by atoms with van der Waals surface area (Å²) in [4.78, 5) is 4.56. The first kappa shape index (κ1) is 12.3. The van der Waals surface area contributed by atoms with E-state index in [1.54, 1.807) is 17.5 Å². The molecule has 2 rings (SSSR count). The lowest BCUT2D eigenvalue weighted by molar-refractivity contribution is 0.309. The molecule has 4 nitrogen and oxygen atoms in total. The van der Waals surface area contributed by atoms with Gasteiger partial charge in [-0.1, -0.05) is 12.1 Å². The molecule has 2 aromatic heterocycles. The van der Waals surface area contributed by atoms with Gasteiger partial charge in [0.15, 0.2) is 0 Å². The number of thiazole rings is 1. The van der Waals surface area contributed by atoms with Gasteiger partial charge in [-0.2, -0.15) is 0 Å². The smallest absolute Gasteiger partial charge is 0.150 e. The highest BCUT2D eigenvalue weighted by Crippen LogP contribution is 2.27. The molecular weight excluding hydrogens is 234 g/mol. The minimum absolute atomic E-state index is 0.105. The molecule has 0 aliphatic rings. The van der Waals surface area contributed by atoms with Crippen molar-refractivity contribution in [2.24, 2.45) is 0 Å². The number of nitrogens with one attached hydrogen (secondary N) is 1. The Morgan fingerprint density at radius 1 is 1.53 bits per heavy atom. The molecule has 2 heterocycles. The lowest BCUT2D eigenvalue weighted by Crippen LogP contribution is -2.38. The summed E-state index contributed by atoms with van der Waals surface area (Å²) in [5, 5.41) is 10.4. The SMILES string of the molecule is CC[C@@](C)(NCc1ccno1)c1nc(C)cs1. The Bertz CT molecular complexity index is 466. The largest absolute Gasteiger partial charge is 0.360 e. The summed E-state index contributed by atoms with van der Waals surface area (Å²) in [5.41, 5.74) is 0.970. The van der Waals surface area contributed by atoms with Gasteiger partial charge in [-0.15, -0.1) is 11.3 Å². The summed E-state index contributed by atoms with van der Waals surface area (Å²) in [5.74, 6) is 0.845. The van der Waals surface area contributed by atoms with Crippen LogP contribution in [0.3, 0.4) is 0 Å². The monoisotopic (exact) mass is 251 g/mol. The van der Waals surface area contributed by atoms with Gasteiger partial charge in [0.1, 0.15) is 10.8 Å². The summed E-state index contributed by atoms with van der Waals surface area (Å²) < 4.78 is 5.08. The molecule has 5 heteroatoms. The number of nitrogens with zero attached hydrogens (tertiary/aromatic N) is 2. The lowest BCUT2D eigenvalue weighted by Gasteiger charge is -2.26. The zero-order chi connectivity index (χ0) is 12.3. The lowest BCUT2D eigenvalue weighted by atomic mass is 10.00. The Balaban J connectivity index is 2.09. The van der Waals surface area contributed by atoms with Crippen molar-refractivity contribution in [1.29, 1.82) is 0 Å². The van der Waals surface area contributed by atoms with Crippen LogP contribution in [0.1, 0.15) is 36.7 Å². The molecule has 0 saturated carbocycles. The predicted molar refractivity (Wildman–Crippen MR) is 67.8 cm³/mol. The van der Waals surface area contributed by atoms with E-state index in [-0.39, 0.29) is 5.54 Å². The van der Waals surface area contributed by atoms with E-state index in [9.17, 15) is 0 Å². The standard InChI is InChI=1S/C12H17N3OS/c1-4-12(3,11-15-9(2)8-17-11)13-7-10-5-6-14-16-10/h5-6,8,13H,4,7H2,1-3H3/t12-/m1/s1. The number of aromatic nitrogens is 2. The number of aryl methyl sites for hydroxylation is 1. The molecule has 0 fully saturated rings. The van der Waals surface area contributed by atoms with Crippen LogP contribution in [0.5, 0.6) is 0 Å². The molecule has 1 atom stereocenters. The first-order valence-electron chi connectivity index (χ1n) is 5.71. The van der Waals surface area contributed by atoms with E-state index in [2.05, 4.69) is 34.7 Å². The third-order valence-corrected chi connectivity index (χ3v) is 4.17. The van der Waals surface area contributed by atoms with Crippen molar-refractivity contribution >= 4 is 11.3 Å². The van der Waals surface area contributed by atoms with Crippen LogP contribution >= 0.6 is 11.3 Å². The van der Waals surface area contributed by atoms with Gasteiger partial charge in [0, 0.05) is 17.1 Å². The maximum Gasteiger partial charge on any atom is 0.150 e. The maximum absolute atomic E-state index is 5.08. The fourth-order valence-corrected chi connectivity index (χ4v) is 2.58. The van der Waals surface area contributed by atoms with Gasteiger partial charge in [-0.05, 0) is 20.3 Å². The molecule has 0 spiro atoms. The van der Waals surface area contributed by atoms with E-state index in [0.717, 1.165) is 22.9 Å². The van der Waals surface area contributed by atoms with Crippen molar-refractivity contribution in [2.45, 2.75) is 39.3 Å². The van der Waals surface area contributed by atoms with Gasteiger partial charge in [0.05, 0.1) is 18.3 Å². The summed E-state index contributed by atoms with van der Waals surface area (Å²) in [6, 6.07) is 1.87. The second-order valence-corrected chi connectivity index (χ2v) is 5.17. The molecule has 0 aliphatic heterocycles. The second-order valence-electron chi connectivity index (χ2n) is 4.31. The Kier molecular flexibility index (Phi) is 3.59. The minimum Gasteiger partial charge on any atom is -0.360 e. The Hall–Kier alpha value is -1.20. The summed E-state index contributed by atoms with van der Waals surface area (Å²) in [6.45, 7) is 7.02. The van der Waals surface area contributed by atoms with Gasteiger partial charge in [0.2, 0.25) is 0 Å². The van der Waals surface area contributed by atoms with Crippen molar-refractivity contribution in [1.82, 2.24) is 15.5 Å². The zero-order valence-corrected chi connectivity index (χ0v) is 11.2. The van der Waals surface area contributed by atoms with Gasteiger partial charge in [-0.25, -0.2) is 4.98 Å². The Morgan fingerprint density at radius 2 is 2.35 bits per heavy atom. The van der Waals surface area contributed by atoms with E-state index >= 15 is 0 Å². The van der Waals surface area contributed by atoms with Crippen LogP contribution in [-0.2, 0) is 12.1 Å². The molecule has 2 aromatic rings. The summed E-state index contributed by atoms with van der Waals surface area (Å²) in [6.07, 6.45) is 2.64. The molecule has 0 radical (unpaired) electrons. The van der Waals surface area contributed by atoms with Crippen LogP contribution in [-0.4, -0.2) is 10.1 Å². The molecule has 0 bridgehead atoms. The fraction of sp³-hybridized carbons (Fsp3) is 0.500. The molecule has 92 valence electrons. The van der Waals surface area contributed by atoms with E-state index in [1.165, 1.54) is 0 Å². The summed E-state index contributed by atoms with van der Waals surface area (Å²) >= 11 is 1.70. The average Bonchev–Trinajstić information content (AvgIpc) is 2.97. The Labute approximate surface area is 105 Å². The van der Waals surface area contributed by atoms with Crippen LogP contribution < -0.4 is 5.32 Å². The van der Waals surface area contributed by atoms with Crippen molar-refractivity contribution in [3.05, 3.63) is 34.1 Å². The number of hydrogen-bond acceptors (Lipinski definition) is 5. The van der Waals surface area contributed by atoms with E-state index < -0.39 is 0 Å². The third-order valence-electron chi connectivity index (χ3n) is 2.94. The molecule has 0 aliphatic carbocycles. The van der Waals surface area contributed by atoms with Gasteiger partial charge in [-0.3, -0.25) is 5.32 Å². The van der Waals surface area contributed by atoms with Gasteiger partial charge < -0.3 is 4.52 Å². The van der Waals surface area contributed by atoms with Crippen molar-refractivity contribution in [2.75, 3.05) is 0 Å². The van der Waals surface area contributed by atoms with Gasteiger partial charge in [0.25, 0.3) is 0 Å². The number of hydrogen-bond donors (Lipinski definition) is 1. The first-order valence-corrected chi connectivity index (χ1v) is 6.59. The first-order chi connectivity index (χ1) is 8.14. The molecule has 17 heavy (non-hydrogen) atoms. The van der Waals surface area contributed by atoms with Crippen molar-refractivity contribution in [3.8, 4) is 0 Å². The molecule has 1 N–H and O–H groups in total. The second kappa shape index (κ2) is 4.98. The molecular formula is C12H17N3OS. The Morgan fingerprint density at radius 3 is 2.88 bits per heavy atom. The van der Waals surface area contributed by atoms with E-state index in [1.807, 2.05) is 13.0 Å².